The Balaban J connectivity index is 1.65. The van der Waals surface area contributed by atoms with E-state index in [0.29, 0.717) is 6.04 Å². The fraction of sp³-hybridized carbons (Fsp3) is 0.727. The number of thiazole rings is 1. The molecular formula is C11H19N3S2. The van der Waals surface area contributed by atoms with Crippen molar-refractivity contribution in [1.82, 2.24) is 15.2 Å². The van der Waals surface area contributed by atoms with E-state index in [2.05, 4.69) is 39.4 Å². The van der Waals surface area contributed by atoms with Gasteiger partial charge in [-0.25, -0.2) is 4.98 Å². The van der Waals surface area contributed by atoms with Gasteiger partial charge in [0.15, 0.2) is 0 Å². The lowest BCUT2D eigenvalue weighted by atomic mass is 10.2. The largest absolute Gasteiger partial charge is 0.312 e. The van der Waals surface area contributed by atoms with Gasteiger partial charge in [0.1, 0.15) is 0 Å². The van der Waals surface area contributed by atoms with Crippen LogP contribution in [-0.2, 0) is 6.54 Å². The highest BCUT2D eigenvalue weighted by Crippen LogP contribution is 2.11. The van der Waals surface area contributed by atoms with E-state index in [1.807, 2.05) is 5.51 Å². The smallest absolute Gasteiger partial charge is 0.0795 e. The molecule has 0 bridgehead atoms. The van der Waals surface area contributed by atoms with Crippen molar-refractivity contribution in [1.29, 1.82) is 0 Å². The Bertz CT molecular complexity index is 283. The second kappa shape index (κ2) is 6.59. The van der Waals surface area contributed by atoms with E-state index in [0.717, 1.165) is 13.1 Å². The molecule has 1 atom stereocenters. The van der Waals surface area contributed by atoms with Gasteiger partial charge in [0.05, 0.1) is 11.2 Å². The van der Waals surface area contributed by atoms with Gasteiger partial charge in [0, 0.05) is 36.0 Å². The molecule has 3 nitrogen and oxygen atoms in total. The summed E-state index contributed by atoms with van der Waals surface area (Å²) in [5, 5.41) is 5.70. The molecule has 1 aromatic rings. The van der Waals surface area contributed by atoms with E-state index in [-0.39, 0.29) is 0 Å². The minimum atomic E-state index is 0.705. The second-order valence-electron chi connectivity index (χ2n) is 4.23. The molecule has 1 aliphatic heterocycles. The summed E-state index contributed by atoms with van der Waals surface area (Å²) in [4.78, 5) is 6.67. The highest BCUT2D eigenvalue weighted by Gasteiger charge is 2.13. The summed E-state index contributed by atoms with van der Waals surface area (Å²) in [5.74, 6) is 2.54. The van der Waals surface area contributed by atoms with Crippen LogP contribution in [0, 0.1) is 0 Å². The predicted molar refractivity (Wildman–Crippen MR) is 72.2 cm³/mol. The predicted octanol–water partition coefficient (Wildman–Crippen LogP) is 1.67. The third kappa shape index (κ3) is 4.05. The Labute approximate surface area is 106 Å². The number of thioether (sulfide) groups is 1. The molecule has 2 rings (SSSR count). The van der Waals surface area contributed by atoms with Gasteiger partial charge in [-0.3, -0.25) is 0 Å². The summed E-state index contributed by atoms with van der Waals surface area (Å²) in [7, 11) is 2.18. The Morgan fingerprint density at radius 2 is 2.56 bits per heavy atom. The first kappa shape index (κ1) is 12.4. The lowest BCUT2D eigenvalue weighted by molar-refractivity contribution is 0.302. The molecule has 1 N–H and O–H groups in total. The molecule has 1 aromatic heterocycles. The third-order valence-electron chi connectivity index (χ3n) is 2.77. The number of hydrogen-bond donors (Lipinski definition) is 1. The van der Waals surface area contributed by atoms with Gasteiger partial charge in [-0.15, -0.1) is 11.3 Å². The minimum Gasteiger partial charge on any atom is -0.312 e. The zero-order chi connectivity index (χ0) is 11.2. The Morgan fingerprint density at radius 1 is 1.62 bits per heavy atom. The number of hydrogen-bond acceptors (Lipinski definition) is 5. The lowest BCUT2D eigenvalue weighted by Crippen LogP contribution is -2.39. The summed E-state index contributed by atoms with van der Waals surface area (Å²) in [5.41, 5.74) is 3.10. The summed E-state index contributed by atoms with van der Waals surface area (Å²) in [6, 6.07) is 0.705. The monoisotopic (exact) mass is 257 g/mol. The molecule has 5 heteroatoms. The van der Waals surface area contributed by atoms with Gasteiger partial charge in [-0.2, -0.15) is 11.8 Å². The molecular weight excluding hydrogens is 238 g/mol. The van der Waals surface area contributed by atoms with Crippen molar-refractivity contribution in [3.8, 4) is 0 Å². The van der Waals surface area contributed by atoms with Crippen LogP contribution in [0.25, 0.3) is 0 Å². The van der Waals surface area contributed by atoms with Crippen molar-refractivity contribution >= 4 is 23.1 Å². The Morgan fingerprint density at radius 3 is 3.25 bits per heavy atom. The van der Waals surface area contributed by atoms with E-state index < -0.39 is 0 Å². The van der Waals surface area contributed by atoms with Crippen LogP contribution >= 0.6 is 23.1 Å². The molecule has 0 spiro atoms. The van der Waals surface area contributed by atoms with Crippen molar-refractivity contribution in [2.45, 2.75) is 19.0 Å². The van der Waals surface area contributed by atoms with Crippen LogP contribution in [0.5, 0.6) is 0 Å². The van der Waals surface area contributed by atoms with E-state index in [1.54, 1.807) is 11.3 Å². The summed E-state index contributed by atoms with van der Waals surface area (Å²) in [6.45, 7) is 3.30. The molecule has 1 fully saturated rings. The molecule has 2 heterocycles. The van der Waals surface area contributed by atoms with Gasteiger partial charge in [0.2, 0.25) is 0 Å². The number of aromatic nitrogens is 1. The maximum Gasteiger partial charge on any atom is 0.0795 e. The molecule has 1 saturated heterocycles. The Hall–Kier alpha value is -0.100. The first-order valence-electron chi connectivity index (χ1n) is 5.71. The molecule has 0 amide bonds. The maximum absolute atomic E-state index is 4.31. The van der Waals surface area contributed by atoms with Crippen LogP contribution in [0.15, 0.2) is 10.9 Å². The van der Waals surface area contributed by atoms with Crippen LogP contribution in [0.4, 0.5) is 0 Å². The number of nitrogens with one attached hydrogen (secondary N) is 1. The summed E-state index contributed by atoms with van der Waals surface area (Å²) in [6.07, 6.45) is 1.24. The first-order chi connectivity index (χ1) is 7.84. The fourth-order valence-electron chi connectivity index (χ4n) is 1.85. The van der Waals surface area contributed by atoms with Crippen molar-refractivity contribution in [2.24, 2.45) is 0 Å². The lowest BCUT2D eigenvalue weighted by Gasteiger charge is -2.25. The summed E-state index contributed by atoms with van der Waals surface area (Å²) >= 11 is 3.74. The van der Waals surface area contributed by atoms with Gasteiger partial charge in [0.25, 0.3) is 0 Å². The first-order valence-corrected chi connectivity index (χ1v) is 7.81. The highest BCUT2D eigenvalue weighted by atomic mass is 32.2. The molecule has 1 aliphatic rings. The minimum absolute atomic E-state index is 0.705. The molecule has 16 heavy (non-hydrogen) atoms. The molecule has 90 valence electrons. The summed E-state index contributed by atoms with van der Waals surface area (Å²) < 4.78 is 0. The van der Waals surface area contributed by atoms with Gasteiger partial charge in [-0.1, -0.05) is 0 Å². The van der Waals surface area contributed by atoms with Crippen LogP contribution in [0.2, 0.25) is 0 Å². The van der Waals surface area contributed by atoms with E-state index in [9.17, 15) is 0 Å². The average Bonchev–Trinajstić information content (AvgIpc) is 2.81. The van der Waals surface area contributed by atoms with Crippen LogP contribution in [0.1, 0.15) is 12.1 Å². The molecule has 1 unspecified atom stereocenters. The zero-order valence-corrected chi connectivity index (χ0v) is 11.3. The van der Waals surface area contributed by atoms with Crippen molar-refractivity contribution in [3.63, 3.8) is 0 Å². The van der Waals surface area contributed by atoms with Gasteiger partial charge in [-0.05, 0) is 20.0 Å². The number of nitrogens with zero attached hydrogens (tertiary/aromatic N) is 2. The topological polar surface area (TPSA) is 28.2 Å². The molecule has 0 radical (unpaired) electrons. The van der Waals surface area contributed by atoms with Gasteiger partial charge < -0.3 is 10.2 Å². The normalized spacial score (nSPS) is 21.5. The maximum atomic E-state index is 4.31. The van der Waals surface area contributed by atoms with Crippen molar-refractivity contribution in [2.75, 3.05) is 31.6 Å². The van der Waals surface area contributed by atoms with E-state index >= 15 is 0 Å². The second-order valence-corrected chi connectivity index (χ2v) is 6.10. The average molecular weight is 257 g/mol. The quantitative estimate of drug-likeness (QED) is 0.868. The van der Waals surface area contributed by atoms with Gasteiger partial charge >= 0.3 is 0 Å². The number of rotatable bonds is 5. The molecule has 0 aliphatic carbocycles. The third-order valence-corrected chi connectivity index (χ3v) is 4.54. The van der Waals surface area contributed by atoms with E-state index in [1.165, 1.54) is 30.2 Å². The SMILES string of the molecule is CN(CCC1CSCCN1)Cc1cscn1. The van der Waals surface area contributed by atoms with Crippen molar-refractivity contribution < 1.29 is 0 Å². The van der Waals surface area contributed by atoms with E-state index in [4.69, 9.17) is 0 Å². The van der Waals surface area contributed by atoms with Crippen LogP contribution in [0.3, 0.4) is 0 Å². The highest BCUT2D eigenvalue weighted by molar-refractivity contribution is 7.99. The fourth-order valence-corrected chi connectivity index (χ4v) is 3.40. The molecule has 0 saturated carbocycles. The standard InChI is InChI=1S/C11H19N3S2/c1-14(6-11-8-16-9-13-11)4-2-10-7-15-5-3-12-10/h8-10,12H,2-7H2,1H3. The zero-order valence-electron chi connectivity index (χ0n) is 9.69. The Kier molecular flexibility index (Phi) is 5.09. The van der Waals surface area contributed by atoms with Crippen molar-refractivity contribution in [3.05, 3.63) is 16.6 Å². The van der Waals surface area contributed by atoms with Crippen LogP contribution < -0.4 is 5.32 Å². The van der Waals surface area contributed by atoms with Crippen LogP contribution in [-0.4, -0.2) is 47.6 Å². The molecule has 0 aromatic carbocycles.